The summed E-state index contributed by atoms with van der Waals surface area (Å²) in [5.74, 6) is -1.72. The molecule has 0 aliphatic carbocycles. The van der Waals surface area contributed by atoms with E-state index in [1.807, 2.05) is 84.9 Å². The van der Waals surface area contributed by atoms with E-state index >= 15 is 0 Å². The molecule has 3 unspecified atom stereocenters. The predicted molar refractivity (Wildman–Crippen MR) is 157 cm³/mol. The Bertz CT molecular complexity index is 1250. The number of rotatable bonds is 12. The summed E-state index contributed by atoms with van der Waals surface area (Å²) in [6, 6.07) is 26.6. The van der Waals surface area contributed by atoms with Gasteiger partial charge in [-0.05, 0) is 62.3 Å². The topological polar surface area (TPSA) is 92.7 Å². The summed E-state index contributed by atoms with van der Waals surface area (Å²) >= 11 is 0. The maximum Gasteiger partial charge on any atom is 0.329 e. The van der Waals surface area contributed by atoms with Crippen molar-refractivity contribution < 1.29 is 23.8 Å². The van der Waals surface area contributed by atoms with Gasteiger partial charge in [0.05, 0.1) is 5.92 Å². The quantitative estimate of drug-likeness (QED) is 0.205. The number of ether oxygens (including phenoxy) is 1. The van der Waals surface area contributed by atoms with E-state index in [4.69, 9.17) is 4.74 Å². The Morgan fingerprint density at radius 2 is 1.44 bits per heavy atom. The van der Waals surface area contributed by atoms with E-state index in [-0.39, 0.29) is 18.7 Å². The van der Waals surface area contributed by atoms with Crippen LogP contribution in [-0.2, 0) is 31.7 Å². The van der Waals surface area contributed by atoms with Gasteiger partial charge in [0.25, 0.3) is 0 Å². The average Bonchev–Trinajstić information content (AvgIpc) is 2.90. The molecule has 39 heavy (non-hydrogen) atoms. The Morgan fingerprint density at radius 1 is 0.872 bits per heavy atom. The molecule has 1 amide bonds. The summed E-state index contributed by atoms with van der Waals surface area (Å²) < 4.78 is 18.8. The first kappa shape index (κ1) is 30.3. The van der Waals surface area contributed by atoms with Gasteiger partial charge in [-0.3, -0.25) is 9.36 Å². The van der Waals surface area contributed by atoms with Crippen LogP contribution in [0.5, 0.6) is 0 Å². The third-order valence-electron chi connectivity index (χ3n) is 6.43. The summed E-state index contributed by atoms with van der Waals surface area (Å²) in [7, 11) is -3.65. The molecule has 0 aliphatic heterocycles. The molecule has 0 aromatic heterocycles. The molecule has 0 bridgehead atoms. The molecule has 0 heterocycles. The predicted octanol–water partition coefficient (Wildman–Crippen LogP) is 6.26. The minimum atomic E-state index is -3.65. The van der Waals surface area contributed by atoms with Crippen LogP contribution in [0.4, 0.5) is 0 Å². The monoisotopic (exact) mass is 549 g/mol. The molecule has 3 rings (SSSR count). The fourth-order valence-electron chi connectivity index (χ4n) is 4.36. The first-order valence-corrected chi connectivity index (χ1v) is 15.5. The van der Waals surface area contributed by atoms with Gasteiger partial charge in [0.15, 0.2) is 0 Å². The SMILES string of the molecule is CCC(NC(=O)C(Cc1ccc(-c2ccccc2)cc1)CP(=O)(O)CCc1ccccc1)C(=O)OC(C)(C)C. The number of aryl methyl sites for hydroxylation is 1. The van der Waals surface area contributed by atoms with Crippen molar-refractivity contribution in [3.05, 3.63) is 96.1 Å². The van der Waals surface area contributed by atoms with Gasteiger partial charge in [0.2, 0.25) is 13.3 Å². The molecule has 7 heteroatoms. The maximum atomic E-state index is 13.5. The van der Waals surface area contributed by atoms with Crippen molar-refractivity contribution in [2.45, 2.75) is 58.6 Å². The third kappa shape index (κ3) is 10.1. The van der Waals surface area contributed by atoms with Gasteiger partial charge in [-0.2, -0.15) is 0 Å². The Kier molecular flexibility index (Phi) is 10.7. The van der Waals surface area contributed by atoms with E-state index < -0.39 is 36.8 Å². The lowest BCUT2D eigenvalue weighted by atomic mass is 9.97. The molecule has 0 spiro atoms. The highest BCUT2D eigenvalue weighted by atomic mass is 31.2. The summed E-state index contributed by atoms with van der Waals surface area (Å²) in [6.07, 6.45) is 0.990. The number of esters is 1. The van der Waals surface area contributed by atoms with Crippen molar-refractivity contribution in [3.8, 4) is 11.1 Å². The molecule has 0 saturated carbocycles. The molecule has 0 radical (unpaired) electrons. The Labute approximate surface area is 232 Å². The number of benzene rings is 3. The zero-order valence-electron chi connectivity index (χ0n) is 23.3. The molecular formula is C32H40NO5P. The average molecular weight is 550 g/mol. The molecular weight excluding hydrogens is 509 g/mol. The molecule has 3 aromatic rings. The van der Waals surface area contributed by atoms with Gasteiger partial charge in [-0.1, -0.05) is 91.9 Å². The van der Waals surface area contributed by atoms with Crippen LogP contribution in [0.15, 0.2) is 84.9 Å². The Balaban J connectivity index is 1.78. The van der Waals surface area contributed by atoms with Crippen molar-refractivity contribution >= 4 is 19.2 Å². The van der Waals surface area contributed by atoms with Crippen molar-refractivity contribution in [3.63, 3.8) is 0 Å². The lowest BCUT2D eigenvalue weighted by Gasteiger charge is -2.26. The molecule has 3 atom stereocenters. The van der Waals surface area contributed by atoms with Gasteiger partial charge in [-0.15, -0.1) is 0 Å². The van der Waals surface area contributed by atoms with Gasteiger partial charge >= 0.3 is 5.97 Å². The molecule has 0 fully saturated rings. The zero-order chi connectivity index (χ0) is 28.5. The van der Waals surface area contributed by atoms with Crippen LogP contribution in [0.1, 0.15) is 45.2 Å². The highest BCUT2D eigenvalue weighted by Gasteiger charge is 2.32. The fraction of sp³-hybridized carbons (Fsp3) is 0.375. The summed E-state index contributed by atoms with van der Waals surface area (Å²) in [6.45, 7) is 7.12. The standard InChI is InChI=1S/C32H40NO5P/c1-5-29(31(35)38-32(2,3)4)33-30(34)28(23-39(36,37)21-20-24-12-8-6-9-13-24)22-25-16-18-27(19-17-25)26-14-10-7-11-15-26/h6-19,28-29H,5,20-23H2,1-4H3,(H,33,34)(H,36,37). The minimum absolute atomic E-state index is 0.0804. The van der Waals surface area contributed by atoms with Crippen molar-refractivity contribution in [1.82, 2.24) is 5.32 Å². The van der Waals surface area contributed by atoms with Crippen molar-refractivity contribution in [2.24, 2.45) is 5.92 Å². The highest BCUT2D eigenvalue weighted by molar-refractivity contribution is 7.58. The highest BCUT2D eigenvalue weighted by Crippen LogP contribution is 2.43. The number of carbonyl (C=O) groups is 2. The largest absolute Gasteiger partial charge is 0.458 e. The van der Waals surface area contributed by atoms with Crippen LogP contribution in [0.25, 0.3) is 11.1 Å². The van der Waals surface area contributed by atoms with Gasteiger partial charge in [-0.25, -0.2) is 4.79 Å². The molecule has 2 N–H and O–H groups in total. The van der Waals surface area contributed by atoms with Crippen LogP contribution in [0.2, 0.25) is 0 Å². The summed E-state index contributed by atoms with van der Waals surface area (Å²) in [5.41, 5.74) is 3.30. The van der Waals surface area contributed by atoms with E-state index in [0.717, 1.165) is 22.3 Å². The normalized spacial score (nSPS) is 14.6. The second-order valence-corrected chi connectivity index (χ2v) is 13.5. The minimum Gasteiger partial charge on any atom is -0.458 e. The maximum absolute atomic E-state index is 13.5. The van der Waals surface area contributed by atoms with Gasteiger partial charge in [0, 0.05) is 12.3 Å². The van der Waals surface area contributed by atoms with Crippen LogP contribution in [0, 0.1) is 5.92 Å². The molecule has 3 aromatic carbocycles. The Hall–Kier alpha value is -3.21. The summed E-state index contributed by atoms with van der Waals surface area (Å²) in [5, 5.41) is 2.80. The number of hydrogen-bond acceptors (Lipinski definition) is 4. The molecule has 0 saturated heterocycles. The lowest BCUT2D eigenvalue weighted by molar-refractivity contribution is -0.159. The van der Waals surface area contributed by atoms with Crippen LogP contribution in [-0.4, -0.2) is 40.7 Å². The van der Waals surface area contributed by atoms with Crippen LogP contribution >= 0.6 is 7.37 Å². The lowest BCUT2D eigenvalue weighted by Crippen LogP contribution is -2.47. The van der Waals surface area contributed by atoms with Crippen LogP contribution < -0.4 is 5.32 Å². The number of carbonyl (C=O) groups excluding carboxylic acids is 2. The summed E-state index contributed by atoms with van der Waals surface area (Å²) in [4.78, 5) is 37.1. The number of nitrogens with one attached hydrogen (secondary N) is 1. The second kappa shape index (κ2) is 13.7. The van der Waals surface area contributed by atoms with Crippen molar-refractivity contribution in [2.75, 3.05) is 12.3 Å². The Morgan fingerprint density at radius 3 is 2.00 bits per heavy atom. The second-order valence-electron chi connectivity index (χ2n) is 11.0. The molecule has 0 aliphatic rings. The molecule has 6 nitrogen and oxygen atoms in total. The number of hydrogen-bond donors (Lipinski definition) is 2. The van der Waals surface area contributed by atoms with Gasteiger partial charge in [0.1, 0.15) is 11.6 Å². The van der Waals surface area contributed by atoms with Crippen molar-refractivity contribution in [1.29, 1.82) is 0 Å². The first-order valence-electron chi connectivity index (χ1n) is 13.5. The smallest absolute Gasteiger partial charge is 0.329 e. The van der Waals surface area contributed by atoms with E-state index in [0.29, 0.717) is 12.8 Å². The van der Waals surface area contributed by atoms with Gasteiger partial charge < -0.3 is 14.9 Å². The first-order chi connectivity index (χ1) is 18.5. The van der Waals surface area contributed by atoms with E-state index in [9.17, 15) is 19.0 Å². The zero-order valence-corrected chi connectivity index (χ0v) is 24.2. The fourth-order valence-corrected chi connectivity index (χ4v) is 6.14. The molecule has 208 valence electrons. The number of amides is 1. The van der Waals surface area contributed by atoms with E-state index in [1.165, 1.54) is 0 Å². The third-order valence-corrected chi connectivity index (χ3v) is 8.36. The van der Waals surface area contributed by atoms with E-state index in [2.05, 4.69) is 5.32 Å². The van der Waals surface area contributed by atoms with Crippen LogP contribution in [0.3, 0.4) is 0 Å². The van der Waals surface area contributed by atoms with E-state index in [1.54, 1.807) is 27.7 Å².